The van der Waals surface area contributed by atoms with Crippen LogP contribution < -0.4 is 10.6 Å². The molecular weight excluding hydrogens is 240 g/mol. The van der Waals surface area contributed by atoms with E-state index >= 15 is 0 Å². The van der Waals surface area contributed by atoms with Crippen molar-refractivity contribution in [2.45, 2.75) is 51.2 Å². The summed E-state index contributed by atoms with van der Waals surface area (Å²) in [5.74, 6) is 0. The minimum atomic E-state index is -0.192. The van der Waals surface area contributed by atoms with Crippen LogP contribution in [0.5, 0.6) is 0 Å². The Hall–Kier alpha value is -1.55. The maximum absolute atomic E-state index is 11.8. The van der Waals surface area contributed by atoms with Crippen LogP contribution in [-0.2, 0) is 6.42 Å². The van der Waals surface area contributed by atoms with Gasteiger partial charge < -0.3 is 15.7 Å². The molecule has 0 radical (unpaired) electrons. The Kier molecular flexibility index (Phi) is 4.80. The van der Waals surface area contributed by atoms with E-state index in [0.29, 0.717) is 0 Å². The van der Waals surface area contributed by atoms with Crippen molar-refractivity contribution in [3.05, 3.63) is 29.8 Å². The van der Waals surface area contributed by atoms with Gasteiger partial charge in [0, 0.05) is 11.7 Å². The van der Waals surface area contributed by atoms with Crippen LogP contribution in [0.3, 0.4) is 0 Å². The van der Waals surface area contributed by atoms with E-state index in [-0.39, 0.29) is 18.2 Å². The van der Waals surface area contributed by atoms with E-state index in [4.69, 9.17) is 0 Å². The zero-order chi connectivity index (χ0) is 13.7. The predicted molar refractivity (Wildman–Crippen MR) is 76.2 cm³/mol. The average molecular weight is 262 g/mol. The van der Waals surface area contributed by atoms with Gasteiger partial charge in [-0.3, -0.25) is 0 Å². The van der Waals surface area contributed by atoms with E-state index in [9.17, 15) is 9.90 Å². The Morgan fingerprint density at radius 3 is 2.42 bits per heavy atom. The van der Waals surface area contributed by atoms with E-state index < -0.39 is 0 Å². The number of carbonyl (C=O) groups excluding carboxylic acids is 1. The summed E-state index contributed by atoms with van der Waals surface area (Å²) in [7, 11) is 0. The van der Waals surface area contributed by atoms with Gasteiger partial charge in [0.2, 0.25) is 0 Å². The number of urea groups is 1. The second kappa shape index (κ2) is 6.57. The van der Waals surface area contributed by atoms with Gasteiger partial charge in [0.1, 0.15) is 0 Å². The van der Waals surface area contributed by atoms with Crippen LogP contribution in [0.2, 0.25) is 0 Å². The van der Waals surface area contributed by atoms with Crippen LogP contribution in [-0.4, -0.2) is 23.3 Å². The lowest BCUT2D eigenvalue weighted by Gasteiger charge is -2.26. The molecule has 2 rings (SSSR count). The van der Waals surface area contributed by atoms with Crippen molar-refractivity contribution in [1.29, 1.82) is 0 Å². The van der Waals surface area contributed by atoms with Crippen molar-refractivity contribution >= 4 is 11.7 Å². The molecule has 4 nitrogen and oxygen atoms in total. The van der Waals surface area contributed by atoms with Gasteiger partial charge in [-0.1, -0.05) is 19.1 Å². The highest BCUT2D eigenvalue weighted by atomic mass is 16.3. The number of amides is 2. The first-order valence-corrected chi connectivity index (χ1v) is 7.02. The van der Waals surface area contributed by atoms with Crippen LogP contribution in [0.4, 0.5) is 10.5 Å². The first-order chi connectivity index (χ1) is 9.17. The Morgan fingerprint density at radius 2 is 1.84 bits per heavy atom. The molecule has 0 unspecified atom stereocenters. The fourth-order valence-electron chi connectivity index (χ4n) is 2.40. The SMILES string of the molecule is CCc1ccc(NC(=O)NC2CCC(O)CC2)cc1. The molecule has 0 spiro atoms. The average Bonchev–Trinajstić information content (AvgIpc) is 2.42. The van der Waals surface area contributed by atoms with Crippen LogP contribution in [0, 0.1) is 0 Å². The highest BCUT2D eigenvalue weighted by molar-refractivity contribution is 5.89. The normalized spacial score (nSPS) is 22.8. The van der Waals surface area contributed by atoms with Gasteiger partial charge >= 0.3 is 6.03 Å². The maximum atomic E-state index is 11.8. The molecule has 19 heavy (non-hydrogen) atoms. The second-order valence-electron chi connectivity index (χ2n) is 5.15. The van der Waals surface area contributed by atoms with E-state index in [1.807, 2.05) is 24.3 Å². The number of aliphatic hydroxyl groups excluding tert-OH is 1. The monoisotopic (exact) mass is 262 g/mol. The number of rotatable bonds is 3. The molecule has 0 heterocycles. The first kappa shape index (κ1) is 13.9. The lowest BCUT2D eigenvalue weighted by molar-refractivity contribution is 0.118. The summed E-state index contributed by atoms with van der Waals surface area (Å²) in [6.45, 7) is 2.10. The van der Waals surface area contributed by atoms with Gasteiger partial charge in [0.05, 0.1) is 6.10 Å². The van der Waals surface area contributed by atoms with Gasteiger partial charge in [-0.2, -0.15) is 0 Å². The molecule has 3 N–H and O–H groups in total. The van der Waals surface area contributed by atoms with Crippen molar-refractivity contribution in [3.63, 3.8) is 0 Å². The van der Waals surface area contributed by atoms with Gasteiger partial charge in [0.15, 0.2) is 0 Å². The molecule has 1 aliphatic carbocycles. The molecule has 1 fully saturated rings. The smallest absolute Gasteiger partial charge is 0.319 e. The van der Waals surface area contributed by atoms with Crippen LogP contribution in [0.25, 0.3) is 0 Å². The molecule has 1 aromatic rings. The van der Waals surface area contributed by atoms with E-state index in [0.717, 1.165) is 37.8 Å². The summed E-state index contributed by atoms with van der Waals surface area (Å²) < 4.78 is 0. The van der Waals surface area contributed by atoms with E-state index in [1.165, 1.54) is 5.56 Å². The molecule has 0 aromatic heterocycles. The largest absolute Gasteiger partial charge is 0.393 e. The minimum absolute atomic E-state index is 0.161. The van der Waals surface area contributed by atoms with Gasteiger partial charge in [0.25, 0.3) is 0 Å². The fraction of sp³-hybridized carbons (Fsp3) is 0.533. The zero-order valence-corrected chi connectivity index (χ0v) is 11.4. The predicted octanol–water partition coefficient (Wildman–Crippen LogP) is 2.67. The number of aliphatic hydroxyl groups is 1. The highest BCUT2D eigenvalue weighted by Crippen LogP contribution is 2.18. The van der Waals surface area contributed by atoms with Crippen LogP contribution in [0.15, 0.2) is 24.3 Å². The molecule has 0 atom stereocenters. The molecule has 2 amide bonds. The topological polar surface area (TPSA) is 61.4 Å². The van der Waals surface area contributed by atoms with Crippen molar-refractivity contribution in [1.82, 2.24) is 5.32 Å². The summed E-state index contributed by atoms with van der Waals surface area (Å²) in [5, 5.41) is 15.2. The van der Waals surface area contributed by atoms with Crippen LogP contribution >= 0.6 is 0 Å². The quantitative estimate of drug-likeness (QED) is 0.784. The molecule has 4 heteroatoms. The summed E-state index contributed by atoms with van der Waals surface area (Å²) in [4.78, 5) is 11.8. The number of anilines is 1. The molecule has 1 aromatic carbocycles. The standard InChI is InChI=1S/C15H22N2O2/c1-2-11-3-5-12(6-4-11)16-15(19)17-13-7-9-14(18)10-8-13/h3-6,13-14,18H,2,7-10H2,1H3,(H2,16,17,19). The van der Waals surface area contributed by atoms with Crippen molar-refractivity contribution in [3.8, 4) is 0 Å². The van der Waals surface area contributed by atoms with Gasteiger partial charge in [-0.25, -0.2) is 4.79 Å². The molecular formula is C15H22N2O2. The minimum Gasteiger partial charge on any atom is -0.393 e. The third-order valence-corrected chi connectivity index (χ3v) is 3.65. The summed E-state index contributed by atoms with van der Waals surface area (Å²) in [5.41, 5.74) is 2.07. The molecule has 0 aliphatic heterocycles. The van der Waals surface area contributed by atoms with Crippen molar-refractivity contribution in [2.24, 2.45) is 0 Å². The number of aryl methyl sites for hydroxylation is 1. The van der Waals surface area contributed by atoms with E-state index in [2.05, 4.69) is 17.6 Å². The third kappa shape index (κ3) is 4.24. The zero-order valence-electron chi connectivity index (χ0n) is 11.4. The second-order valence-corrected chi connectivity index (χ2v) is 5.15. The molecule has 1 saturated carbocycles. The maximum Gasteiger partial charge on any atom is 0.319 e. The summed E-state index contributed by atoms with van der Waals surface area (Å²) in [6, 6.07) is 7.90. The Balaban J connectivity index is 1.80. The number of carbonyl (C=O) groups is 1. The molecule has 0 bridgehead atoms. The molecule has 1 aliphatic rings. The summed E-state index contributed by atoms with van der Waals surface area (Å²) >= 11 is 0. The lowest BCUT2D eigenvalue weighted by atomic mass is 9.93. The number of hydrogen-bond donors (Lipinski definition) is 3. The van der Waals surface area contributed by atoms with Crippen LogP contribution in [0.1, 0.15) is 38.2 Å². The van der Waals surface area contributed by atoms with Crippen molar-refractivity contribution < 1.29 is 9.90 Å². The molecule has 104 valence electrons. The third-order valence-electron chi connectivity index (χ3n) is 3.65. The summed E-state index contributed by atoms with van der Waals surface area (Å²) in [6.07, 6.45) is 4.05. The fourth-order valence-corrected chi connectivity index (χ4v) is 2.40. The highest BCUT2D eigenvalue weighted by Gasteiger charge is 2.20. The Bertz CT molecular complexity index is 409. The Morgan fingerprint density at radius 1 is 1.21 bits per heavy atom. The van der Waals surface area contributed by atoms with E-state index in [1.54, 1.807) is 0 Å². The lowest BCUT2D eigenvalue weighted by Crippen LogP contribution is -2.40. The Labute approximate surface area is 114 Å². The molecule has 0 saturated heterocycles. The number of benzene rings is 1. The van der Waals surface area contributed by atoms with Gasteiger partial charge in [-0.05, 0) is 49.8 Å². The first-order valence-electron chi connectivity index (χ1n) is 7.02. The van der Waals surface area contributed by atoms with Gasteiger partial charge in [-0.15, -0.1) is 0 Å². The van der Waals surface area contributed by atoms with Crippen molar-refractivity contribution in [2.75, 3.05) is 5.32 Å². The number of hydrogen-bond acceptors (Lipinski definition) is 2. The number of nitrogens with one attached hydrogen (secondary N) is 2.